The maximum Gasteiger partial charge on any atom is 0.0740 e. The first-order valence-corrected chi connectivity index (χ1v) is 16.1. The molecule has 0 amide bonds. The van der Waals surface area contributed by atoms with Gasteiger partial charge in [-0.2, -0.15) is 0 Å². The Labute approximate surface area is 277 Å². The lowest BCUT2D eigenvalue weighted by Gasteiger charge is -2.19. The smallest absolute Gasteiger partial charge is 0.0740 e. The third-order valence-electron chi connectivity index (χ3n) is 8.13. The fraction of sp³-hybridized carbons (Fsp3) is 0.178. The number of aromatic nitrogens is 1. The maximum atomic E-state index is 4.89. The minimum absolute atomic E-state index is 0.166. The molecule has 1 nitrogen and oxygen atoms in total. The third kappa shape index (κ3) is 8.71. The molecule has 232 valence electrons. The molecule has 1 unspecified atom stereocenters. The standard InChI is InChI=1S/C41H39N.C2H6.C2H2/c1-6-33-15-12-13-19-36(33)22-23-37-26-27-42-41-32(5)38(24-25-39(37)41)40(28-31(4)34-16-8-7-9-17-34)30(3)20-21-35-18-11-10-14-29(35)2;2*1-2/h6-22,24-28,30H,4,23H2,1-3,5H3;1-2H3;1-2H/b21-20-,33-6-,36-22-,40-28-;;. The third-order valence-corrected chi connectivity index (χ3v) is 8.13. The maximum absolute atomic E-state index is 4.89. The van der Waals surface area contributed by atoms with E-state index in [1.165, 1.54) is 49.2 Å². The van der Waals surface area contributed by atoms with E-state index in [2.05, 4.69) is 168 Å². The quantitative estimate of drug-likeness (QED) is 0.127. The van der Waals surface area contributed by atoms with Gasteiger partial charge in [0.15, 0.2) is 0 Å². The molecule has 0 N–H and O–H groups in total. The Kier molecular flexibility index (Phi) is 13.8. The van der Waals surface area contributed by atoms with Gasteiger partial charge < -0.3 is 0 Å². The van der Waals surface area contributed by atoms with Crippen molar-refractivity contribution in [1.29, 1.82) is 0 Å². The van der Waals surface area contributed by atoms with Crippen molar-refractivity contribution < 1.29 is 0 Å². The fourth-order valence-corrected chi connectivity index (χ4v) is 5.59. The number of rotatable bonds is 8. The lowest BCUT2D eigenvalue weighted by atomic mass is 9.86. The minimum atomic E-state index is 0.166. The monoisotopic (exact) mass is 601 g/mol. The summed E-state index contributed by atoms with van der Waals surface area (Å²) in [7, 11) is 0. The van der Waals surface area contributed by atoms with Gasteiger partial charge in [-0.15, -0.1) is 12.8 Å². The first-order valence-electron chi connectivity index (χ1n) is 16.1. The van der Waals surface area contributed by atoms with Gasteiger partial charge in [-0.05, 0) is 94.1 Å². The molecule has 0 radical (unpaired) electrons. The molecule has 0 fully saturated rings. The minimum Gasteiger partial charge on any atom is -0.256 e. The Morgan fingerprint density at radius 3 is 2.17 bits per heavy atom. The highest BCUT2D eigenvalue weighted by Gasteiger charge is 2.16. The fourth-order valence-electron chi connectivity index (χ4n) is 5.59. The Bertz CT molecular complexity index is 1950. The molecular weight excluding hydrogens is 555 g/mol. The van der Waals surface area contributed by atoms with E-state index >= 15 is 0 Å². The van der Waals surface area contributed by atoms with Gasteiger partial charge >= 0.3 is 0 Å². The van der Waals surface area contributed by atoms with Crippen LogP contribution in [0.5, 0.6) is 0 Å². The van der Waals surface area contributed by atoms with Crippen LogP contribution in [0.25, 0.3) is 40.3 Å². The van der Waals surface area contributed by atoms with Crippen molar-refractivity contribution in [3.8, 4) is 12.8 Å². The molecule has 4 aromatic carbocycles. The lowest BCUT2D eigenvalue weighted by molar-refractivity contribution is 0.968. The van der Waals surface area contributed by atoms with Crippen LogP contribution in [0.1, 0.15) is 61.1 Å². The summed E-state index contributed by atoms with van der Waals surface area (Å²) in [5.74, 6) is 0.166. The Balaban J connectivity index is 0.00000139. The highest BCUT2D eigenvalue weighted by atomic mass is 14.7. The Morgan fingerprint density at radius 1 is 0.826 bits per heavy atom. The summed E-state index contributed by atoms with van der Waals surface area (Å²) in [6, 6.07) is 34.2. The molecular formula is C45H47N. The Hall–Kier alpha value is -5.19. The molecule has 0 aliphatic rings. The highest BCUT2D eigenvalue weighted by Crippen LogP contribution is 2.34. The van der Waals surface area contributed by atoms with Gasteiger partial charge in [0.25, 0.3) is 0 Å². The van der Waals surface area contributed by atoms with E-state index in [1.807, 2.05) is 26.1 Å². The zero-order valence-electron chi connectivity index (χ0n) is 28.3. The van der Waals surface area contributed by atoms with E-state index in [4.69, 9.17) is 4.98 Å². The predicted molar refractivity (Wildman–Crippen MR) is 205 cm³/mol. The van der Waals surface area contributed by atoms with E-state index < -0.39 is 0 Å². The number of fused-ring (bicyclic) bond motifs is 1. The predicted octanol–water partition coefficient (Wildman–Crippen LogP) is 10.4. The van der Waals surface area contributed by atoms with Crippen LogP contribution in [0.15, 0.2) is 122 Å². The van der Waals surface area contributed by atoms with Gasteiger partial charge in [-0.1, -0.05) is 149 Å². The molecule has 1 heteroatoms. The second kappa shape index (κ2) is 17.9. The van der Waals surface area contributed by atoms with Crippen LogP contribution in [0.4, 0.5) is 0 Å². The van der Waals surface area contributed by atoms with E-state index in [1.54, 1.807) is 0 Å². The summed E-state index contributed by atoms with van der Waals surface area (Å²) in [4.78, 5) is 4.89. The molecule has 0 spiro atoms. The van der Waals surface area contributed by atoms with Crippen molar-refractivity contribution in [2.24, 2.45) is 5.92 Å². The largest absolute Gasteiger partial charge is 0.256 e. The van der Waals surface area contributed by atoms with Crippen LogP contribution in [0.2, 0.25) is 0 Å². The summed E-state index contributed by atoms with van der Waals surface area (Å²) in [5.41, 5.74) is 10.6. The summed E-state index contributed by atoms with van der Waals surface area (Å²) in [5, 5.41) is 3.73. The van der Waals surface area contributed by atoms with Gasteiger partial charge in [-0.3, -0.25) is 4.98 Å². The van der Waals surface area contributed by atoms with Gasteiger partial charge in [0.1, 0.15) is 0 Å². The van der Waals surface area contributed by atoms with E-state index in [0.717, 1.165) is 23.1 Å². The van der Waals surface area contributed by atoms with Crippen LogP contribution in [-0.2, 0) is 6.42 Å². The Morgan fingerprint density at radius 2 is 1.48 bits per heavy atom. The number of nitrogens with zero attached hydrogens (tertiary/aromatic N) is 1. The van der Waals surface area contributed by atoms with E-state index in [9.17, 15) is 0 Å². The van der Waals surface area contributed by atoms with Crippen LogP contribution in [-0.4, -0.2) is 4.98 Å². The van der Waals surface area contributed by atoms with Gasteiger partial charge in [0.2, 0.25) is 0 Å². The van der Waals surface area contributed by atoms with E-state index in [-0.39, 0.29) is 5.92 Å². The number of hydrogen-bond donors (Lipinski definition) is 0. The molecule has 5 rings (SSSR count). The first kappa shape index (κ1) is 35.3. The van der Waals surface area contributed by atoms with Crippen molar-refractivity contribution in [1.82, 2.24) is 4.98 Å². The van der Waals surface area contributed by atoms with Crippen molar-refractivity contribution in [2.45, 2.75) is 48.0 Å². The molecule has 5 aromatic rings. The van der Waals surface area contributed by atoms with Crippen molar-refractivity contribution in [3.63, 3.8) is 0 Å². The molecule has 1 atom stereocenters. The van der Waals surface area contributed by atoms with Crippen molar-refractivity contribution in [3.05, 3.63) is 166 Å². The number of allylic oxidation sites excluding steroid dienone is 4. The average molecular weight is 602 g/mol. The molecule has 0 saturated carbocycles. The number of hydrogen-bond acceptors (Lipinski definition) is 1. The van der Waals surface area contributed by atoms with Gasteiger partial charge in [0.05, 0.1) is 5.52 Å². The van der Waals surface area contributed by atoms with Crippen LogP contribution < -0.4 is 10.4 Å². The molecule has 1 aromatic heterocycles. The average Bonchev–Trinajstić information content (AvgIpc) is 3.11. The van der Waals surface area contributed by atoms with Crippen LogP contribution in [0.3, 0.4) is 0 Å². The zero-order chi connectivity index (χ0) is 33.5. The number of pyridine rings is 1. The summed E-state index contributed by atoms with van der Waals surface area (Å²) >= 11 is 0. The first-order chi connectivity index (χ1) is 22.5. The molecule has 0 aliphatic carbocycles. The molecule has 1 heterocycles. The normalized spacial score (nSPS) is 12.7. The zero-order valence-corrected chi connectivity index (χ0v) is 28.3. The second-order valence-electron chi connectivity index (χ2n) is 10.9. The van der Waals surface area contributed by atoms with Gasteiger partial charge in [0, 0.05) is 11.6 Å². The lowest BCUT2D eigenvalue weighted by Crippen LogP contribution is -2.23. The van der Waals surface area contributed by atoms with Crippen molar-refractivity contribution >= 4 is 40.3 Å². The van der Waals surface area contributed by atoms with Crippen LogP contribution in [0, 0.1) is 32.6 Å². The topological polar surface area (TPSA) is 12.9 Å². The van der Waals surface area contributed by atoms with Crippen LogP contribution >= 0.6 is 0 Å². The number of aryl methyl sites for hydroxylation is 2. The molecule has 0 saturated heterocycles. The highest BCUT2D eigenvalue weighted by molar-refractivity contribution is 5.92. The van der Waals surface area contributed by atoms with E-state index in [0.29, 0.717) is 0 Å². The molecule has 0 aliphatic heterocycles. The molecule has 46 heavy (non-hydrogen) atoms. The number of terminal acetylenes is 1. The van der Waals surface area contributed by atoms with Gasteiger partial charge in [-0.25, -0.2) is 0 Å². The summed E-state index contributed by atoms with van der Waals surface area (Å²) in [6.45, 7) is 17.2. The summed E-state index contributed by atoms with van der Waals surface area (Å²) < 4.78 is 0. The van der Waals surface area contributed by atoms with Crippen molar-refractivity contribution in [2.75, 3.05) is 0 Å². The summed E-state index contributed by atoms with van der Waals surface area (Å²) in [6.07, 6.45) is 22.1. The SMILES string of the molecule is C#C.C=C(/C=C(\c1ccc2c(C/C=c3/cccc/c3=C/C)ccnc2c1C)C(C)/C=C\c1ccccc1C)c1ccccc1.CC. The molecule has 0 bridgehead atoms. The number of benzene rings is 4. The second-order valence-corrected chi connectivity index (χ2v) is 10.9.